The minimum absolute atomic E-state index is 0.0131. The molecule has 1 unspecified atom stereocenters. The number of hydrogen-bond donors (Lipinski definition) is 1. The quantitative estimate of drug-likeness (QED) is 0.298. The lowest BCUT2D eigenvalue weighted by molar-refractivity contribution is -0.140. The Kier molecular flexibility index (Phi) is 7.07. The highest BCUT2D eigenvalue weighted by molar-refractivity contribution is 6.46. The van der Waals surface area contributed by atoms with E-state index in [9.17, 15) is 14.7 Å². The van der Waals surface area contributed by atoms with Crippen molar-refractivity contribution in [1.82, 2.24) is 9.88 Å². The van der Waals surface area contributed by atoms with Gasteiger partial charge in [0.2, 0.25) is 0 Å². The van der Waals surface area contributed by atoms with Gasteiger partial charge in [0, 0.05) is 32.0 Å². The average molecular weight is 431 g/mol. The Morgan fingerprint density at radius 1 is 1.27 bits per heavy atom. The fourth-order valence-electron chi connectivity index (χ4n) is 3.41. The van der Waals surface area contributed by atoms with Gasteiger partial charge in [-0.05, 0) is 43.7 Å². The topological polar surface area (TPSA) is 89.0 Å². The fourth-order valence-corrected chi connectivity index (χ4v) is 3.58. The van der Waals surface area contributed by atoms with Gasteiger partial charge in [-0.3, -0.25) is 14.6 Å². The molecule has 3 rings (SSSR count). The van der Waals surface area contributed by atoms with Gasteiger partial charge in [0.1, 0.15) is 17.6 Å². The second-order valence-corrected chi connectivity index (χ2v) is 7.08. The van der Waals surface area contributed by atoms with E-state index >= 15 is 0 Å². The maximum atomic E-state index is 12.9. The van der Waals surface area contributed by atoms with Crippen LogP contribution in [0.5, 0.6) is 5.75 Å². The van der Waals surface area contributed by atoms with Crippen molar-refractivity contribution in [3.63, 3.8) is 0 Å². The summed E-state index contributed by atoms with van der Waals surface area (Å²) in [6, 6.07) is 9.14. The van der Waals surface area contributed by atoms with Crippen LogP contribution in [0.25, 0.3) is 5.76 Å². The van der Waals surface area contributed by atoms with Crippen LogP contribution in [-0.2, 0) is 14.3 Å². The molecule has 30 heavy (non-hydrogen) atoms. The van der Waals surface area contributed by atoms with E-state index in [4.69, 9.17) is 21.1 Å². The molecular weight excluding hydrogens is 408 g/mol. The summed E-state index contributed by atoms with van der Waals surface area (Å²) >= 11 is 6.14. The number of aliphatic hydroxyl groups excluding tert-OH is 1. The highest BCUT2D eigenvalue weighted by Crippen LogP contribution is 2.39. The first kappa shape index (κ1) is 21.8. The molecule has 1 aromatic heterocycles. The Hall–Kier alpha value is -2.90. The molecule has 1 aromatic carbocycles. The van der Waals surface area contributed by atoms with Crippen molar-refractivity contribution in [1.29, 1.82) is 0 Å². The third-order valence-electron chi connectivity index (χ3n) is 4.76. The minimum atomic E-state index is -0.797. The normalized spacial score (nSPS) is 18.1. The van der Waals surface area contributed by atoms with Crippen LogP contribution >= 0.6 is 11.6 Å². The summed E-state index contributed by atoms with van der Waals surface area (Å²) in [5.74, 6) is -1.35. The van der Waals surface area contributed by atoms with Crippen molar-refractivity contribution < 1.29 is 24.2 Å². The number of amides is 1. The number of Topliss-reactive ketones (excluding diaryl/α,β-unsaturated/α-hetero) is 1. The molecule has 2 aromatic rings. The van der Waals surface area contributed by atoms with Crippen molar-refractivity contribution >= 4 is 29.1 Å². The van der Waals surface area contributed by atoms with Gasteiger partial charge >= 0.3 is 0 Å². The van der Waals surface area contributed by atoms with Crippen LogP contribution in [-0.4, -0.2) is 53.5 Å². The number of likely N-dealkylation sites (tertiary alicyclic amines) is 1. The molecule has 0 saturated carbocycles. The van der Waals surface area contributed by atoms with Gasteiger partial charge in [0.25, 0.3) is 11.7 Å². The van der Waals surface area contributed by atoms with E-state index in [2.05, 4.69) is 4.98 Å². The molecule has 158 valence electrons. The van der Waals surface area contributed by atoms with Gasteiger partial charge in [-0.1, -0.05) is 17.7 Å². The van der Waals surface area contributed by atoms with Crippen molar-refractivity contribution in [2.75, 3.05) is 26.9 Å². The molecular formula is C22H23ClN2O5. The Bertz CT molecular complexity index is 961. The Morgan fingerprint density at radius 2 is 2.07 bits per heavy atom. The molecule has 1 aliphatic rings. The number of nitrogens with zero attached hydrogens (tertiary/aromatic N) is 2. The number of halogens is 1. The van der Waals surface area contributed by atoms with Crippen LogP contribution in [0.15, 0.2) is 48.2 Å². The second-order valence-electron chi connectivity index (χ2n) is 6.67. The molecule has 1 amide bonds. The summed E-state index contributed by atoms with van der Waals surface area (Å²) in [6.45, 7) is 2.94. The molecule has 1 atom stereocenters. The maximum Gasteiger partial charge on any atom is 0.295 e. The third-order valence-corrected chi connectivity index (χ3v) is 5.07. The summed E-state index contributed by atoms with van der Waals surface area (Å²) in [5.41, 5.74) is 0.814. The minimum Gasteiger partial charge on any atom is -0.507 e. The standard InChI is InChI=1S/C22H23ClN2O5/c1-3-30-17-13-14(8-9-15(17)23)20(26)18-19(16-7-4-5-10-24-16)25(11-6-12-29-2)22(28)21(18)27/h4-5,7-10,13,19,26H,3,6,11-12H2,1-2H3/b20-18-. The van der Waals surface area contributed by atoms with E-state index in [1.54, 1.807) is 49.7 Å². The summed E-state index contributed by atoms with van der Waals surface area (Å²) < 4.78 is 10.6. The van der Waals surface area contributed by atoms with Crippen LogP contribution in [0, 0.1) is 0 Å². The van der Waals surface area contributed by atoms with E-state index in [-0.39, 0.29) is 11.3 Å². The predicted molar refractivity (Wildman–Crippen MR) is 112 cm³/mol. The van der Waals surface area contributed by atoms with Crippen LogP contribution in [0.3, 0.4) is 0 Å². The van der Waals surface area contributed by atoms with E-state index < -0.39 is 17.7 Å². The lowest BCUT2D eigenvalue weighted by Gasteiger charge is -2.24. The number of hydrogen-bond acceptors (Lipinski definition) is 6. The second kappa shape index (κ2) is 9.73. The van der Waals surface area contributed by atoms with Crippen molar-refractivity contribution in [3.8, 4) is 5.75 Å². The van der Waals surface area contributed by atoms with Crippen LogP contribution in [0.1, 0.15) is 30.6 Å². The largest absolute Gasteiger partial charge is 0.507 e. The van der Waals surface area contributed by atoms with E-state index in [0.29, 0.717) is 48.2 Å². The number of ether oxygens (including phenoxy) is 2. The Morgan fingerprint density at radius 3 is 2.73 bits per heavy atom. The number of benzene rings is 1. The molecule has 1 fully saturated rings. The number of ketones is 1. The molecule has 2 heterocycles. The number of aliphatic hydroxyl groups is 1. The zero-order valence-electron chi connectivity index (χ0n) is 16.8. The molecule has 1 N–H and O–H groups in total. The summed E-state index contributed by atoms with van der Waals surface area (Å²) in [6.07, 6.45) is 2.13. The number of aromatic nitrogens is 1. The number of methoxy groups -OCH3 is 1. The number of carbonyl (C=O) groups is 2. The van der Waals surface area contributed by atoms with Gasteiger partial charge in [0.05, 0.1) is 22.9 Å². The maximum absolute atomic E-state index is 12.9. The molecule has 1 aliphatic heterocycles. The Balaban J connectivity index is 2.11. The lowest BCUT2D eigenvalue weighted by atomic mass is 9.98. The van der Waals surface area contributed by atoms with Crippen LogP contribution in [0.4, 0.5) is 0 Å². The number of rotatable bonds is 8. The molecule has 0 aliphatic carbocycles. The van der Waals surface area contributed by atoms with Crippen molar-refractivity contribution in [2.45, 2.75) is 19.4 Å². The number of carbonyl (C=O) groups excluding carboxylic acids is 2. The van der Waals surface area contributed by atoms with Gasteiger partial charge in [-0.15, -0.1) is 0 Å². The molecule has 1 saturated heterocycles. The SMILES string of the molecule is CCOc1cc(/C(O)=C2/C(=O)C(=O)N(CCCOC)C2c2ccccn2)ccc1Cl. The first-order valence-corrected chi connectivity index (χ1v) is 9.98. The first-order chi connectivity index (χ1) is 14.5. The molecule has 8 heteroatoms. The van der Waals surface area contributed by atoms with Crippen molar-refractivity contribution in [2.24, 2.45) is 0 Å². The Labute approximate surface area is 179 Å². The monoisotopic (exact) mass is 430 g/mol. The fraction of sp³-hybridized carbons (Fsp3) is 0.318. The highest BCUT2D eigenvalue weighted by atomic mass is 35.5. The lowest BCUT2D eigenvalue weighted by Crippen LogP contribution is -2.31. The summed E-state index contributed by atoms with van der Waals surface area (Å²) in [5, 5.41) is 11.4. The molecule has 0 bridgehead atoms. The zero-order chi connectivity index (χ0) is 21.7. The van der Waals surface area contributed by atoms with E-state index in [1.165, 1.54) is 4.90 Å². The van der Waals surface area contributed by atoms with Crippen molar-refractivity contribution in [3.05, 3.63) is 64.4 Å². The van der Waals surface area contributed by atoms with Crippen LogP contribution in [0.2, 0.25) is 5.02 Å². The van der Waals surface area contributed by atoms with Crippen LogP contribution < -0.4 is 4.74 Å². The predicted octanol–water partition coefficient (Wildman–Crippen LogP) is 3.59. The first-order valence-electron chi connectivity index (χ1n) is 9.60. The number of pyridine rings is 1. The van der Waals surface area contributed by atoms with Gasteiger partial charge in [0.15, 0.2) is 0 Å². The highest BCUT2D eigenvalue weighted by Gasteiger charge is 2.46. The molecule has 0 radical (unpaired) electrons. The third kappa shape index (κ3) is 4.32. The average Bonchev–Trinajstić information content (AvgIpc) is 3.01. The zero-order valence-corrected chi connectivity index (χ0v) is 17.6. The smallest absolute Gasteiger partial charge is 0.295 e. The summed E-state index contributed by atoms with van der Waals surface area (Å²) in [7, 11) is 1.57. The summed E-state index contributed by atoms with van der Waals surface area (Å²) in [4.78, 5) is 31.4. The van der Waals surface area contributed by atoms with E-state index in [1.807, 2.05) is 6.92 Å². The molecule has 0 spiro atoms. The van der Waals surface area contributed by atoms with E-state index in [0.717, 1.165) is 0 Å². The van der Waals surface area contributed by atoms with Gasteiger partial charge in [-0.2, -0.15) is 0 Å². The van der Waals surface area contributed by atoms with Gasteiger partial charge < -0.3 is 19.5 Å². The molecule has 7 nitrogen and oxygen atoms in total. The van der Waals surface area contributed by atoms with Gasteiger partial charge in [-0.25, -0.2) is 0 Å².